The summed E-state index contributed by atoms with van der Waals surface area (Å²) in [6.07, 6.45) is 0.0915. The SMILES string of the molecule is CN.COc1cc2c(OCC3NC(=O)OC3C)cccc2cc1C=O. The standard InChI is InChI=1S/C17H17NO5.CH5N/c1-10-14(18-17(20)23-10)9-22-15-5-3-4-11-6-12(8-19)16(21-2)7-13(11)15;1-2/h3-8,10,14H,9H2,1-2H3,(H,18,20);2H2,1H3. The Morgan fingerprint density at radius 3 is 2.64 bits per heavy atom. The zero-order valence-electron chi connectivity index (χ0n) is 14.4. The molecule has 3 rings (SSSR count). The van der Waals surface area contributed by atoms with Gasteiger partial charge in [0, 0.05) is 5.39 Å². The van der Waals surface area contributed by atoms with E-state index in [2.05, 4.69) is 11.1 Å². The molecule has 1 saturated heterocycles. The molecule has 1 fully saturated rings. The number of carbonyl (C=O) groups excluding carboxylic acids is 2. The van der Waals surface area contributed by atoms with Gasteiger partial charge in [-0.3, -0.25) is 4.79 Å². The second-order valence-corrected chi connectivity index (χ2v) is 5.36. The van der Waals surface area contributed by atoms with Crippen LogP contribution in [0.1, 0.15) is 17.3 Å². The summed E-state index contributed by atoms with van der Waals surface area (Å²) in [7, 11) is 3.02. The van der Waals surface area contributed by atoms with Crippen molar-refractivity contribution in [3.8, 4) is 11.5 Å². The van der Waals surface area contributed by atoms with Crippen LogP contribution in [-0.4, -0.2) is 45.3 Å². The molecular weight excluding hydrogens is 324 g/mol. The smallest absolute Gasteiger partial charge is 0.407 e. The summed E-state index contributed by atoms with van der Waals surface area (Å²) in [6, 6.07) is 8.93. The number of alkyl carbamates (subject to hydrolysis) is 1. The molecule has 0 radical (unpaired) electrons. The van der Waals surface area contributed by atoms with Crippen LogP contribution in [0, 0.1) is 0 Å². The first-order valence-electron chi connectivity index (χ1n) is 7.86. The number of amides is 1. The number of aldehydes is 1. The van der Waals surface area contributed by atoms with Crippen LogP contribution in [0.3, 0.4) is 0 Å². The Morgan fingerprint density at radius 1 is 1.28 bits per heavy atom. The van der Waals surface area contributed by atoms with Crippen molar-refractivity contribution in [3.63, 3.8) is 0 Å². The first kappa shape index (κ1) is 18.5. The zero-order valence-corrected chi connectivity index (χ0v) is 14.4. The molecular formula is C18H22N2O5. The molecule has 1 amide bonds. The Kier molecular flexibility index (Phi) is 6.19. The second kappa shape index (κ2) is 8.34. The highest BCUT2D eigenvalue weighted by atomic mass is 16.6. The van der Waals surface area contributed by atoms with Crippen molar-refractivity contribution in [2.75, 3.05) is 20.8 Å². The van der Waals surface area contributed by atoms with Gasteiger partial charge in [-0.1, -0.05) is 12.1 Å². The van der Waals surface area contributed by atoms with E-state index in [-0.39, 0.29) is 12.1 Å². The fraction of sp³-hybridized carbons (Fsp3) is 0.333. The lowest BCUT2D eigenvalue weighted by atomic mass is 10.1. The molecule has 2 aromatic carbocycles. The number of hydrogen-bond acceptors (Lipinski definition) is 6. The lowest BCUT2D eigenvalue weighted by Gasteiger charge is -2.16. The monoisotopic (exact) mass is 346 g/mol. The van der Waals surface area contributed by atoms with Gasteiger partial charge in [0.15, 0.2) is 6.29 Å². The Bertz CT molecular complexity index is 762. The van der Waals surface area contributed by atoms with E-state index in [9.17, 15) is 9.59 Å². The van der Waals surface area contributed by atoms with E-state index in [1.165, 1.54) is 14.2 Å². The average Bonchev–Trinajstić information content (AvgIpc) is 2.97. The van der Waals surface area contributed by atoms with Crippen LogP contribution in [-0.2, 0) is 4.74 Å². The van der Waals surface area contributed by atoms with E-state index in [1.54, 1.807) is 12.1 Å². The van der Waals surface area contributed by atoms with Crippen LogP contribution in [0.15, 0.2) is 30.3 Å². The van der Waals surface area contributed by atoms with Gasteiger partial charge in [-0.15, -0.1) is 0 Å². The van der Waals surface area contributed by atoms with Gasteiger partial charge in [0.2, 0.25) is 0 Å². The molecule has 3 N–H and O–H groups in total. The van der Waals surface area contributed by atoms with Gasteiger partial charge in [-0.25, -0.2) is 4.79 Å². The van der Waals surface area contributed by atoms with Crippen molar-refractivity contribution in [2.24, 2.45) is 5.73 Å². The number of benzene rings is 2. The molecule has 0 aromatic heterocycles. The molecule has 1 heterocycles. The van der Waals surface area contributed by atoms with Crippen LogP contribution < -0.4 is 20.5 Å². The number of fused-ring (bicyclic) bond motifs is 1. The van der Waals surface area contributed by atoms with Gasteiger partial charge in [0.25, 0.3) is 0 Å². The van der Waals surface area contributed by atoms with Crippen molar-refractivity contribution in [1.29, 1.82) is 0 Å². The number of rotatable bonds is 5. The third-order valence-electron chi connectivity index (χ3n) is 3.90. The lowest BCUT2D eigenvalue weighted by Crippen LogP contribution is -2.35. The third kappa shape index (κ3) is 4.00. The largest absolute Gasteiger partial charge is 0.496 e. The molecule has 25 heavy (non-hydrogen) atoms. The predicted molar refractivity (Wildman–Crippen MR) is 94.4 cm³/mol. The van der Waals surface area contributed by atoms with Crippen molar-refractivity contribution in [3.05, 3.63) is 35.9 Å². The Balaban J connectivity index is 0.00000109. The van der Waals surface area contributed by atoms with Crippen molar-refractivity contribution in [1.82, 2.24) is 5.32 Å². The van der Waals surface area contributed by atoms with Gasteiger partial charge < -0.3 is 25.3 Å². The first-order valence-corrected chi connectivity index (χ1v) is 7.86. The maximum atomic E-state index is 11.2. The summed E-state index contributed by atoms with van der Waals surface area (Å²) in [5, 5.41) is 4.43. The summed E-state index contributed by atoms with van der Waals surface area (Å²) in [4.78, 5) is 22.3. The van der Waals surface area contributed by atoms with Crippen molar-refractivity contribution in [2.45, 2.75) is 19.1 Å². The molecule has 0 bridgehead atoms. The predicted octanol–water partition coefficient (Wildman–Crippen LogP) is 2.11. The minimum Gasteiger partial charge on any atom is -0.496 e. The number of ether oxygens (including phenoxy) is 3. The Morgan fingerprint density at radius 2 is 2.04 bits per heavy atom. The fourth-order valence-electron chi connectivity index (χ4n) is 2.60. The van der Waals surface area contributed by atoms with E-state index >= 15 is 0 Å². The van der Waals surface area contributed by atoms with Crippen LogP contribution in [0.4, 0.5) is 4.79 Å². The van der Waals surface area contributed by atoms with E-state index < -0.39 is 6.09 Å². The summed E-state index contributed by atoms with van der Waals surface area (Å²) in [5.74, 6) is 1.15. The minimum absolute atomic E-state index is 0.200. The van der Waals surface area contributed by atoms with Gasteiger partial charge in [-0.2, -0.15) is 0 Å². The number of hydrogen-bond donors (Lipinski definition) is 2. The van der Waals surface area contributed by atoms with Gasteiger partial charge in [0.05, 0.1) is 12.7 Å². The average molecular weight is 346 g/mol. The van der Waals surface area contributed by atoms with Crippen LogP contribution in [0.2, 0.25) is 0 Å². The quantitative estimate of drug-likeness (QED) is 0.805. The summed E-state index contributed by atoms with van der Waals surface area (Å²) >= 11 is 0. The number of nitrogens with one attached hydrogen (secondary N) is 1. The lowest BCUT2D eigenvalue weighted by molar-refractivity contribution is 0.112. The van der Waals surface area contributed by atoms with Crippen LogP contribution in [0.25, 0.3) is 10.8 Å². The number of cyclic esters (lactones) is 1. The maximum absolute atomic E-state index is 11.2. The van der Waals surface area contributed by atoms with E-state index in [4.69, 9.17) is 14.2 Å². The Hall–Kier alpha value is -2.80. The molecule has 2 aromatic rings. The molecule has 7 heteroatoms. The summed E-state index contributed by atoms with van der Waals surface area (Å²) in [6.45, 7) is 2.11. The van der Waals surface area contributed by atoms with Crippen LogP contribution in [0.5, 0.6) is 11.5 Å². The highest BCUT2D eigenvalue weighted by Crippen LogP contribution is 2.31. The second-order valence-electron chi connectivity index (χ2n) is 5.36. The molecule has 134 valence electrons. The number of carbonyl (C=O) groups is 2. The highest BCUT2D eigenvalue weighted by Gasteiger charge is 2.30. The van der Waals surface area contributed by atoms with Crippen LogP contribution >= 0.6 is 0 Å². The zero-order chi connectivity index (χ0) is 18.4. The van der Waals surface area contributed by atoms with E-state index in [1.807, 2.05) is 25.1 Å². The maximum Gasteiger partial charge on any atom is 0.407 e. The number of nitrogens with two attached hydrogens (primary N) is 1. The van der Waals surface area contributed by atoms with Gasteiger partial charge in [0.1, 0.15) is 30.3 Å². The molecule has 1 aliphatic rings. The summed E-state index contributed by atoms with van der Waals surface area (Å²) < 4.78 is 16.1. The molecule has 2 atom stereocenters. The normalized spacial score (nSPS) is 18.6. The van der Waals surface area contributed by atoms with Gasteiger partial charge in [-0.05, 0) is 37.6 Å². The molecule has 0 spiro atoms. The summed E-state index contributed by atoms with van der Waals surface area (Å²) in [5.41, 5.74) is 4.99. The number of methoxy groups -OCH3 is 1. The van der Waals surface area contributed by atoms with E-state index in [0.29, 0.717) is 23.7 Å². The van der Waals surface area contributed by atoms with Crippen molar-refractivity contribution < 1.29 is 23.8 Å². The molecule has 7 nitrogen and oxygen atoms in total. The molecule has 0 saturated carbocycles. The highest BCUT2D eigenvalue weighted by molar-refractivity contribution is 5.95. The Labute approximate surface area is 146 Å². The molecule has 2 unspecified atom stereocenters. The molecule has 1 aliphatic heterocycles. The minimum atomic E-state index is -0.429. The third-order valence-corrected chi connectivity index (χ3v) is 3.90. The molecule has 0 aliphatic carbocycles. The topological polar surface area (TPSA) is 99.9 Å². The van der Waals surface area contributed by atoms with E-state index in [0.717, 1.165) is 17.1 Å². The van der Waals surface area contributed by atoms with Crippen molar-refractivity contribution >= 4 is 23.2 Å². The fourth-order valence-corrected chi connectivity index (χ4v) is 2.60. The first-order chi connectivity index (χ1) is 12.1. The van der Waals surface area contributed by atoms with Gasteiger partial charge >= 0.3 is 6.09 Å².